The van der Waals surface area contributed by atoms with E-state index >= 15 is 0 Å². The maximum atomic E-state index is 3.57. The summed E-state index contributed by atoms with van der Waals surface area (Å²) < 4.78 is 0. The van der Waals surface area contributed by atoms with Gasteiger partial charge in [0.2, 0.25) is 0 Å². The molecule has 1 nitrogen and oxygen atoms in total. The highest BCUT2D eigenvalue weighted by atomic mass is 79.9. The van der Waals surface area contributed by atoms with Crippen molar-refractivity contribution in [3.05, 3.63) is 35.4 Å². The predicted molar refractivity (Wildman–Crippen MR) is 70.5 cm³/mol. The minimum absolute atomic E-state index is 0.609. The molecule has 84 valence electrons. The molecule has 0 heterocycles. The third-order valence-corrected chi connectivity index (χ3v) is 2.90. The lowest BCUT2D eigenvalue weighted by molar-refractivity contribution is 0.323. The van der Waals surface area contributed by atoms with Crippen LogP contribution in [0.3, 0.4) is 0 Å². The molecule has 15 heavy (non-hydrogen) atoms. The van der Waals surface area contributed by atoms with Crippen LogP contribution in [0.2, 0.25) is 0 Å². The lowest BCUT2D eigenvalue weighted by Crippen LogP contribution is -2.20. The van der Waals surface area contributed by atoms with Crippen LogP contribution >= 0.6 is 15.9 Å². The number of nitrogens with zero attached hydrogens (tertiary/aromatic N) is 1. The van der Waals surface area contributed by atoms with E-state index in [2.05, 4.69) is 66.0 Å². The van der Waals surface area contributed by atoms with E-state index in [1.165, 1.54) is 17.5 Å². The number of alkyl halides is 1. The number of hydrogen-bond donors (Lipinski definition) is 0. The van der Waals surface area contributed by atoms with E-state index < -0.39 is 0 Å². The first-order chi connectivity index (χ1) is 7.08. The first kappa shape index (κ1) is 12.7. The molecule has 0 saturated carbocycles. The fourth-order valence-electron chi connectivity index (χ4n) is 1.60. The van der Waals surface area contributed by atoms with E-state index in [0.717, 1.165) is 13.1 Å². The molecule has 0 radical (unpaired) electrons. The van der Waals surface area contributed by atoms with Gasteiger partial charge in [-0.1, -0.05) is 52.7 Å². The fraction of sp³-hybridized carbons (Fsp3) is 0.538. The van der Waals surface area contributed by atoms with Crippen LogP contribution in [-0.4, -0.2) is 23.3 Å². The zero-order valence-electron chi connectivity index (χ0n) is 9.83. The van der Waals surface area contributed by atoms with Gasteiger partial charge in [-0.3, -0.25) is 0 Å². The Morgan fingerprint density at radius 2 is 2.13 bits per heavy atom. The molecule has 1 rings (SSSR count). The Balaban J connectivity index is 2.40. The average Bonchev–Trinajstić information content (AvgIpc) is 2.15. The van der Waals surface area contributed by atoms with E-state index in [-0.39, 0.29) is 0 Å². The Morgan fingerprint density at radius 3 is 2.73 bits per heavy atom. The highest BCUT2D eigenvalue weighted by Gasteiger charge is 2.02. The van der Waals surface area contributed by atoms with Crippen LogP contribution in [0, 0.1) is 6.92 Å². The Hall–Kier alpha value is -0.340. The highest BCUT2D eigenvalue weighted by molar-refractivity contribution is 9.09. The summed E-state index contributed by atoms with van der Waals surface area (Å²) in [6.45, 7) is 6.52. The Kier molecular flexibility index (Phi) is 5.34. The van der Waals surface area contributed by atoms with Gasteiger partial charge < -0.3 is 4.90 Å². The van der Waals surface area contributed by atoms with Crippen LogP contribution in [0.1, 0.15) is 24.5 Å². The number of hydrogen-bond acceptors (Lipinski definition) is 1. The second-order valence-corrected chi connectivity index (χ2v) is 5.86. The molecule has 1 aromatic rings. The third kappa shape index (κ3) is 5.33. The molecule has 1 unspecified atom stereocenters. The summed E-state index contributed by atoms with van der Waals surface area (Å²) in [6, 6.07) is 8.73. The van der Waals surface area contributed by atoms with E-state index in [1.807, 2.05) is 0 Å². The Labute approximate surface area is 102 Å². The summed E-state index contributed by atoms with van der Waals surface area (Å²) in [4.78, 5) is 2.98. The summed E-state index contributed by atoms with van der Waals surface area (Å²) in [7, 11) is 2.18. The van der Waals surface area contributed by atoms with Crippen molar-refractivity contribution in [3.8, 4) is 0 Å². The standard InChI is InChI=1S/C13H20BrN/c1-11-5-4-6-13(9-11)10-15(3)8-7-12(2)14/h4-6,9,12H,7-8,10H2,1-3H3. The molecule has 0 amide bonds. The quantitative estimate of drug-likeness (QED) is 0.739. The van der Waals surface area contributed by atoms with Gasteiger partial charge >= 0.3 is 0 Å². The smallest absolute Gasteiger partial charge is 0.0230 e. The third-order valence-electron chi connectivity index (χ3n) is 2.44. The van der Waals surface area contributed by atoms with Crippen LogP contribution in [0.25, 0.3) is 0 Å². The molecule has 0 aliphatic rings. The van der Waals surface area contributed by atoms with E-state index in [4.69, 9.17) is 0 Å². The fourth-order valence-corrected chi connectivity index (χ4v) is 1.80. The molecule has 0 fully saturated rings. The Morgan fingerprint density at radius 1 is 1.40 bits per heavy atom. The molecule has 1 aromatic carbocycles. The van der Waals surface area contributed by atoms with Crippen LogP contribution in [0.5, 0.6) is 0 Å². The maximum Gasteiger partial charge on any atom is 0.0230 e. The van der Waals surface area contributed by atoms with Crippen LogP contribution in [0.4, 0.5) is 0 Å². The van der Waals surface area contributed by atoms with Crippen molar-refractivity contribution >= 4 is 15.9 Å². The summed E-state index contributed by atoms with van der Waals surface area (Å²) in [5.74, 6) is 0. The first-order valence-electron chi connectivity index (χ1n) is 5.46. The van der Waals surface area contributed by atoms with Gasteiger partial charge in [0.15, 0.2) is 0 Å². The second-order valence-electron chi connectivity index (χ2n) is 4.30. The first-order valence-corrected chi connectivity index (χ1v) is 6.37. The van der Waals surface area contributed by atoms with Gasteiger partial charge in [-0.25, -0.2) is 0 Å². The van der Waals surface area contributed by atoms with Crippen molar-refractivity contribution in [2.75, 3.05) is 13.6 Å². The van der Waals surface area contributed by atoms with Gasteiger partial charge in [-0.15, -0.1) is 0 Å². The van der Waals surface area contributed by atoms with Gasteiger partial charge in [0.05, 0.1) is 0 Å². The molecule has 2 heteroatoms. The molecular weight excluding hydrogens is 250 g/mol. The number of benzene rings is 1. The van der Waals surface area contributed by atoms with Crippen molar-refractivity contribution in [2.24, 2.45) is 0 Å². The molecule has 0 spiro atoms. The lowest BCUT2D eigenvalue weighted by atomic mass is 10.1. The average molecular weight is 270 g/mol. The van der Waals surface area contributed by atoms with Crippen molar-refractivity contribution in [1.82, 2.24) is 4.90 Å². The van der Waals surface area contributed by atoms with Crippen molar-refractivity contribution in [3.63, 3.8) is 0 Å². The number of aryl methyl sites for hydroxylation is 1. The summed E-state index contributed by atoms with van der Waals surface area (Å²) >= 11 is 3.57. The largest absolute Gasteiger partial charge is 0.302 e. The van der Waals surface area contributed by atoms with Crippen LogP contribution in [-0.2, 0) is 6.54 Å². The normalized spacial score (nSPS) is 13.1. The number of rotatable bonds is 5. The summed E-state index contributed by atoms with van der Waals surface area (Å²) in [5.41, 5.74) is 2.74. The van der Waals surface area contributed by atoms with Gasteiger partial charge in [0.25, 0.3) is 0 Å². The molecule has 0 bridgehead atoms. The van der Waals surface area contributed by atoms with Gasteiger partial charge in [-0.2, -0.15) is 0 Å². The summed E-state index contributed by atoms with van der Waals surface area (Å²) in [5, 5.41) is 0. The molecule has 0 aromatic heterocycles. The zero-order valence-corrected chi connectivity index (χ0v) is 11.4. The predicted octanol–water partition coefficient (Wildman–Crippen LogP) is 3.60. The highest BCUT2D eigenvalue weighted by Crippen LogP contribution is 2.09. The molecule has 0 aliphatic heterocycles. The SMILES string of the molecule is Cc1cccc(CN(C)CCC(C)Br)c1. The van der Waals surface area contributed by atoms with E-state index in [1.54, 1.807) is 0 Å². The maximum absolute atomic E-state index is 3.57. The minimum Gasteiger partial charge on any atom is -0.302 e. The zero-order chi connectivity index (χ0) is 11.3. The van der Waals surface area contributed by atoms with Crippen LogP contribution < -0.4 is 0 Å². The molecule has 1 atom stereocenters. The number of halogens is 1. The monoisotopic (exact) mass is 269 g/mol. The minimum atomic E-state index is 0.609. The Bertz CT molecular complexity index is 296. The second kappa shape index (κ2) is 6.29. The molecule has 0 saturated heterocycles. The molecule has 0 aliphatic carbocycles. The van der Waals surface area contributed by atoms with Gasteiger partial charge in [-0.05, 0) is 32.5 Å². The summed E-state index contributed by atoms with van der Waals surface area (Å²) in [6.07, 6.45) is 1.20. The van der Waals surface area contributed by atoms with Gasteiger partial charge in [0, 0.05) is 11.4 Å². The van der Waals surface area contributed by atoms with Crippen LogP contribution in [0.15, 0.2) is 24.3 Å². The lowest BCUT2D eigenvalue weighted by Gasteiger charge is -2.17. The molecule has 0 N–H and O–H groups in total. The van der Waals surface area contributed by atoms with Crippen molar-refractivity contribution in [2.45, 2.75) is 31.6 Å². The van der Waals surface area contributed by atoms with Gasteiger partial charge in [0.1, 0.15) is 0 Å². The molecular formula is C13H20BrN. The van der Waals surface area contributed by atoms with E-state index in [9.17, 15) is 0 Å². The topological polar surface area (TPSA) is 3.24 Å². The van der Waals surface area contributed by atoms with Crippen molar-refractivity contribution < 1.29 is 0 Å². The van der Waals surface area contributed by atoms with Crippen molar-refractivity contribution in [1.29, 1.82) is 0 Å². The van der Waals surface area contributed by atoms with E-state index in [0.29, 0.717) is 4.83 Å².